The second-order valence-electron chi connectivity index (χ2n) is 5.90. The predicted octanol–water partition coefficient (Wildman–Crippen LogP) is 1.61. The Hall–Kier alpha value is -0.0800. The van der Waals surface area contributed by atoms with Crippen LogP contribution in [-0.4, -0.2) is 35.6 Å². The molecule has 0 aromatic carbocycles. The van der Waals surface area contributed by atoms with Gasteiger partial charge >= 0.3 is 0 Å². The average Bonchev–Trinajstić information content (AvgIpc) is 2.09. The Morgan fingerprint density at radius 3 is 2.00 bits per heavy atom. The van der Waals surface area contributed by atoms with E-state index >= 15 is 0 Å². The van der Waals surface area contributed by atoms with E-state index in [0.717, 1.165) is 30.1 Å². The van der Waals surface area contributed by atoms with E-state index in [2.05, 4.69) is 24.1 Å². The van der Waals surface area contributed by atoms with Gasteiger partial charge in [-0.15, -0.1) is 0 Å². The minimum Gasteiger partial charge on any atom is -0.311 e. The van der Waals surface area contributed by atoms with E-state index in [0.29, 0.717) is 0 Å². The molecule has 0 radical (unpaired) electrons. The summed E-state index contributed by atoms with van der Waals surface area (Å²) in [6, 6.07) is 3.56. The molecule has 0 spiro atoms. The molecule has 80 valence electrons. The SMILES string of the molecule is CC(C)CN1C2CC3CC1CC(C2)N3. The van der Waals surface area contributed by atoms with Crippen LogP contribution in [0.2, 0.25) is 0 Å². The van der Waals surface area contributed by atoms with Gasteiger partial charge in [0.25, 0.3) is 0 Å². The summed E-state index contributed by atoms with van der Waals surface area (Å²) in [6.07, 6.45) is 5.67. The summed E-state index contributed by atoms with van der Waals surface area (Å²) < 4.78 is 0. The lowest BCUT2D eigenvalue weighted by Gasteiger charge is -2.57. The quantitative estimate of drug-likeness (QED) is 0.718. The third kappa shape index (κ3) is 1.40. The molecule has 4 aliphatic heterocycles. The van der Waals surface area contributed by atoms with Crippen LogP contribution in [0.1, 0.15) is 39.5 Å². The molecule has 4 aliphatic rings. The zero-order chi connectivity index (χ0) is 9.71. The highest BCUT2D eigenvalue weighted by molar-refractivity contribution is 5.05. The molecule has 4 saturated heterocycles. The van der Waals surface area contributed by atoms with Gasteiger partial charge in [-0.1, -0.05) is 13.8 Å². The summed E-state index contributed by atoms with van der Waals surface area (Å²) in [6.45, 7) is 6.03. The van der Waals surface area contributed by atoms with Crippen molar-refractivity contribution in [3.63, 3.8) is 0 Å². The lowest BCUT2D eigenvalue weighted by Crippen LogP contribution is -2.67. The van der Waals surface area contributed by atoms with Gasteiger partial charge < -0.3 is 5.32 Å². The second kappa shape index (κ2) is 3.21. The summed E-state index contributed by atoms with van der Waals surface area (Å²) in [4.78, 5) is 2.82. The van der Waals surface area contributed by atoms with Gasteiger partial charge in [-0.3, -0.25) is 4.90 Å². The molecule has 14 heavy (non-hydrogen) atoms. The highest BCUT2D eigenvalue weighted by Crippen LogP contribution is 2.39. The van der Waals surface area contributed by atoms with Crippen molar-refractivity contribution in [3.05, 3.63) is 0 Å². The van der Waals surface area contributed by atoms with Crippen LogP contribution in [-0.2, 0) is 0 Å². The average molecular weight is 194 g/mol. The number of nitrogens with one attached hydrogen (secondary N) is 1. The van der Waals surface area contributed by atoms with E-state index < -0.39 is 0 Å². The first-order valence-corrected chi connectivity index (χ1v) is 6.24. The molecule has 4 heterocycles. The second-order valence-corrected chi connectivity index (χ2v) is 5.90. The summed E-state index contributed by atoms with van der Waals surface area (Å²) in [5, 5.41) is 3.76. The first-order valence-electron chi connectivity index (χ1n) is 6.24. The normalized spacial score (nSPS) is 46.5. The Kier molecular flexibility index (Phi) is 2.10. The van der Waals surface area contributed by atoms with Crippen LogP contribution in [0.25, 0.3) is 0 Å². The molecule has 0 amide bonds. The molecule has 2 heteroatoms. The van der Waals surface area contributed by atoms with Crippen molar-refractivity contribution in [1.82, 2.24) is 10.2 Å². The molecule has 0 aromatic heterocycles. The van der Waals surface area contributed by atoms with Crippen molar-refractivity contribution < 1.29 is 0 Å². The lowest BCUT2D eigenvalue weighted by molar-refractivity contribution is -0.0364. The Morgan fingerprint density at radius 1 is 1.07 bits per heavy atom. The van der Waals surface area contributed by atoms with Gasteiger partial charge in [0.2, 0.25) is 0 Å². The van der Waals surface area contributed by atoms with Gasteiger partial charge in [0, 0.05) is 30.7 Å². The van der Waals surface area contributed by atoms with Crippen molar-refractivity contribution in [1.29, 1.82) is 0 Å². The monoisotopic (exact) mass is 194 g/mol. The Bertz CT molecular complexity index is 196. The largest absolute Gasteiger partial charge is 0.311 e. The Morgan fingerprint density at radius 2 is 1.57 bits per heavy atom. The highest BCUT2D eigenvalue weighted by Gasteiger charge is 2.46. The van der Waals surface area contributed by atoms with Gasteiger partial charge in [0.15, 0.2) is 0 Å². The van der Waals surface area contributed by atoms with Gasteiger partial charge in [-0.05, 0) is 31.6 Å². The molecule has 0 aliphatic carbocycles. The van der Waals surface area contributed by atoms with Gasteiger partial charge in [-0.2, -0.15) is 0 Å². The zero-order valence-electron chi connectivity index (χ0n) is 9.37. The fourth-order valence-corrected chi connectivity index (χ4v) is 3.86. The van der Waals surface area contributed by atoms with Crippen molar-refractivity contribution in [2.24, 2.45) is 5.92 Å². The molecule has 0 unspecified atom stereocenters. The van der Waals surface area contributed by atoms with Crippen LogP contribution in [0, 0.1) is 5.92 Å². The van der Waals surface area contributed by atoms with Gasteiger partial charge in [0.1, 0.15) is 0 Å². The highest BCUT2D eigenvalue weighted by atomic mass is 15.3. The molecule has 0 atom stereocenters. The van der Waals surface area contributed by atoms with Crippen molar-refractivity contribution in [2.75, 3.05) is 6.54 Å². The van der Waals surface area contributed by atoms with Crippen LogP contribution >= 0.6 is 0 Å². The van der Waals surface area contributed by atoms with Gasteiger partial charge in [0.05, 0.1) is 0 Å². The first kappa shape index (κ1) is 9.17. The van der Waals surface area contributed by atoms with Crippen LogP contribution < -0.4 is 5.32 Å². The number of nitrogens with zero attached hydrogens (tertiary/aromatic N) is 1. The lowest BCUT2D eigenvalue weighted by atomic mass is 9.74. The van der Waals surface area contributed by atoms with Gasteiger partial charge in [-0.25, -0.2) is 0 Å². The van der Waals surface area contributed by atoms with Crippen molar-refractivity contribution in [2.45, 2.75) is 63.7 Å². The Labute approximate surface area is 87.0 Å². The molecule has 4 rings (SSSR count). The molecule has 1 N–H and O–H groups in total. The summed E-state index contributed by atoms with van der Waals surface area (Å²) in [7, 11) is 0. The van der Waals surface area contributed by atoms with Crippen molar-refractivity contribution >= 4 is 0 Å². The van der Waals surface area contributed by atoms with E-state index in [1.54, 1.807) is 0 Å². The number of hydrogen-bond donors (Lipinski definition) is 1. The maximum absolute atomic E-state index is 3.76. The summed E-state index contributed by atoms with van der Waals surface area (Å²) >= 11 is 0. The fourth-order valence-electron chi connectivity index (χ4n) is 3.86. The van der Waals surface area contributed by atoms with E-state index in [1.807, 2.05) is 0 Å². The zero-order valence-corrected chi connectivity index (χ0v) is 9.37. The topological polar surface area (TPSA) is 15.3 Å². The molecule has 4 bridgehead atoms. The minimum absolute atomic E-state index is 0.834. The fraction of sp³-hybridized carbons (Fsp3) is 1.00. The molecule has 2 nitrogen and oxygen atoms in total. The third-order valence-corrected chi connectivity index (χ3v) is 4.21. The van der Waals surface area contributed by atoms with Crippen molar-refractivity contribution in [3.8, 4) is 0 Å². The number of piperidine rings is 4. The maximum Gasteiger partial charge on any atom is 0.0128 e. The molecule has 4 fully saturated rings. The van der Waals surface area contributed by atoms with E-state index in [9.17, 15) is 0 Å². The molecular formula is C12H22N2. The van der Waals surface area contributed by atoms with Crippen LogP contribution in [0.5, 0.6) is 0 Å². The van der Waals surface area contributed by atoms with E-state index in [1.165, 1.54) is 32.2 Å². The first-order chi connectivity index (χ1) is 6.72. The summed E-state index contributed by atoms with van der Waals surface area (Å²) in [5.74, 6) is 0.834. The standard InChI is InChI=1S/C12H22N2/c1-8(2)7-14-11-3-9-4-12(14)6-10(5-11)13-9/h8-13H,3-7H2,1-2H3. The molecule has 0 saturated carbocycles. The number of rotatable bonds is 2. The van der Waals surface area contributed by atoms with Crippen LogP contribution in [0.4, 0.5) is 0 Å². The summed E-state index contributed by atoms with van der Waals surface area (Å²) in [5.41, 5.74) is 0. The molecular weight excluding hydrogens is 172 g/mol. The predicted molar refractivity (Wildman–Crippen MR) is 58.3 cm³/mol. The Balaban J connectivity index is 1.74. The number of hydrogen-bond acceptors (Lipinski definition) is 2. The van der Waals surface area contributed by atoms with E-state index in [4.69, 9.17) is 0 Å². The van der Waals surface area contributed by atoms with E-state index in [-0.39, 0.29) is 0 Å². The molecule has 0 aromatic rings. The smallest absolute Gasteiger partial charge is 0.0128 e. The third-order valence-electron chi connectivity index (χ3n) is 4.21. The van der Waals surface area contributed by atoms with Crippen LogP contribution in [0.3, 0.4) is 0 Å². The maximum atomic E-state index is 3.76. The van der Waals surface area contributed by atoms with Crippen LogP contribution in [0.15, 0.2) is 0 Å². The minimum atomic E-state index is 0.834.